The highest BCUT2D eigenvalue weighted by atomic mass is 32.1. The zero-order valence-corrected chi connectivity index (χ0v) is 16.5. The fourth-order valence-corrected chi connectivity index (χ4v) is 4.62. The molecule has 0 bridgehead atoms. The van der Waals surface area contributed by atoms with Crippen LogP contribution >= 0.6 is 11.3 Å². The van der Waals surface area contributed by atoms with Crippen LogP contribution in [0.1, 0.15) is 35.4 Å². The summed E-state index contributed by atoms with van der Waals surface area (Å²) in [4.78, 5) is 18.8. The Morgan fingerprint density at radius 2 is 2.12 bits per heavy atom. The Morgan fingerprint density at radius 3 is 2.85 bits per heavy atom. The highest BCUT2D eigenvalue weighted by Crippen LogP contribution is 2.35. The molecular weight excluding hydrogens is 344 g/mol. The molecule has 26 heavy (non-hydrogen) atoms. The number of carbonyl (C=O) groups is 1. The van der Waals surface area contributed by atoms with Crippen LogP contribution in [0.15, 0.2) is 41.8 Å². The van der Waals surface area contributed by atoms with Crippen LogP contribution in [0.3, 0.4) is 0 Å². The number of methoxy groups -OCH3 is 1. The summed E-state index contributed by atoms with van der Waals surface area (Å²) in [5, 5.41) is 2.15. The van der Waals surface area contributed by atoms with Crippen LogP contribution in [0.2, 0.25) is 0 Å². The van der Waals surface area contributed by atoms with E-state index in [1.54, 1.807) is 7.11 Å². The summed E-state index contributed by atoms with van der Waals surface area (Å²) in [7, 11) is 1.71. The van der Waals surface area contributed by atoms with Gasteiger partial charge in [0.2, 0.25) is 5.91 Å². The summed E-state index contributed by atoms with van der Waals surface area (Å²) in [6, 6.07) is 12.7. The lowest BCUT2D eigenvalue weighted by Crippen LogP contribution is -2.45. The van der Waals surface area contributed by atoms with Gasteiger partial charge >= 0.3 is 0 Å². The van der Waals surface area contributed by atoms with Crippen LogP contribution < -0.4 is 0 Å². The van der Waals surface area contributed by atoms with E-state index in [1.165, 1.54) is 16.0 Å². The summed E-state index contributed by atoms with van der Waals surface area (Å²) in [6.07, 6.45) is 1.94. The van der Waals surface area contributed by atoms with Crippen molar-refractivity contribution < 1.29 is 9.53 Å². The van der Waals surface area contributed by atoms with Gasteiger partial charge in [-0.1, -0.05) is 37.3 Å². The van der Waals surface area contributed by atoms with Crippen molar-refractivity contribution in [1.82, 2.24) is 9.80 Å². The lowest BCUT2D eigenvalue weighted by atomic mass is 9.97. The molecule has 5 heteroatoms. The first-order valence-corrected chi connectivity index (χ1v) is 10.2. The van der Waals surface area contributed by atoms with Gasteiger partial charge in [-0.25, -0.2) is 0 Å². The Kier molecular flexibility index (Phi) is 6.83. The van der Waals surface area contributed by atoms with E-state index < -0.39 is 0 Å². The fourth-order valence-electron chi connectivity index (χ4n) is 3.69. The first-order valence-electron chi connectivity index (χ1n) is 9.33. The van der Waals surface area contributed by atoms with Crippen LogP contribution in [0.25, 0.3) is 0 Å². The predicted octanol–water partition coefficient (Wildman–Crippen LogP) is 3.73. The third-order valence-corrected chi connectivity index (χ3v) is 6.02. The van der Waals surface area contributed by atoms with Crippen molar-refractivity contribution in [2.45, 2.75) is 32.4 Å². The second-order valence-corrected chi connectivity index (χ2v) is 7.75. The molecular formula is C21H28N2O2S. The Hall–Kier alpha value is -1.69. The Bertz CT molecular complexity index is 701. The quantitative estimate of drug-likeness (QED) is 0.708. The van der Waals surface area contributed by atoms with E-state index in [-0.39, 0.29) is 11.9 Å². The van der Waals surface area contributed by atoms with E-state index in [2.05, 4.69) is 40.3 Å². The smallest absolute Gasteiger partial charge is 0.237 e. The van der Waals surface area contributed by atoms with Crippen LogP contribution in [-0.4, -0.2) is 49.1 Å². The van der Waals surface area contributed by atoms with Gasteiger partial charge in [-0.05, 0) is 35.4 Å². The van der Waals surface area contributed by atoms with Gasteiger partial charge in [0.15, 0.2) is 0 Å². The van der Waals surface area contributed by atoms with Gasteiger partial charge in [0.05, 0.1) is 19.2 Å². The number of fused-ring (bicyclic) bond motifs is 1. The number of ether oxygens (including phenoxy) is 1. The van der Waals surface area contributed by atoms with Gasteiger partial charge in [0.1, 0.15) is 0 Å². The molecule has 1 unspecified atom stereocenters. The van der Waals surface area contributed by atoms with Crippen molar-refractivity contribution in [2.75, 3.05) is 33.4 Å². The minimum Gasteiger partial charge on any atom is -0.383 e. The minimum atomic E-state index is 0.221. The van der Waals surface area contributed by atoms with Crippen molar-refractivity contribution in [3.63, 3.8) is 0 Å². The van der Waals surface area contributed by atoms with Crippen molar-refractivity contribution in [1.29, 1.82) is 0 Å². The fraction of sp³-hybridized carbons (Fsp3) is 0.476. The van der Waals surface area contributed by atoms with Crippen LogP contribution in [0.4, 0.5) is 0 Å². The molecule has 0 saturated heterocycles. The number of thiophene rings is 1. The minimum absolute atomic E-state index is 0.221. The average molecular weight is 373 g/mol. The number of benzene rings is 1. The number of hydrogen-bond acceptors (Lipinski definition) is 4. The zero-order chi connectivity index (χ0) is 18.4. The second kappa shape index (κ2) is 9.31. The molecule has 1 aliphatic heterocycles. The van der Waals surface area contributed by atoms with E-state index in [1.807, 2.05) is 29.5 Å². The lowest BCUT2D eigenvalue weighted by molar-refractivity contribution is -0.135. The SMILES string of the molecule is CCC1c2ccsc2CCN1C(=O)CN(CCOC)Cc1ccccc1. The molecule has 2 heterocycles. The first-order chi connectivity index (χ1) is 12.7. The third kappa shape index (κ3) is 4.53. The number of rotatable bonds is 8. The molecule has 1 atom stereocenters. The molecule has 2 aromatic rings. The molecule has 1 amide bonds. The van der Waals surface area contributed by atoms with E-state index in [0.29, 0.717) is 13.2 Å². The number of hydrogen-bond donors (Lipinski definition) is 0. The van der Waals surface area contributed by atoms with E-state index in [4.69, 9.17) is 4.74 Å². The predicted molar refractivity (Wildman–Crippen MR) is 106 cm³/mol. The number of carbonyl (C=O) groups excluding carboxylic acids is 1. The molecule has 1 aromatic carbocycles. The standard InChI is InChI=1S/C21H28N2O2S/c1-3-19-18-10-14-26-20(18)9-11-23(19)21(24)16-22(12-13-25-2)15-17-7-5-4-6-8-17/h4-8,10,14,19H,3,9,11-13,15-16H2,1-2H3. The largest absolute Gasteiger partial charge is 0.383 e. The van der Waals surface area contributed by atoms with Crippen molar-refractivity contribution in [3.8, 4) is 0 Å². The maximum absolute atomic E-state index is 13.1. The molecule has 0 spiro atoms. The highest BCUT2D eigenvalue weighted by Gasteiger charge is 2.30. The Morgan fingerprint density at radius 1 is 1.31 bits per heavy atom. The monoisotopic (exact) mass is 372 g/mol. The van der Waals surface area contributed by atoms with Gasteiger partial charge in [0.25, 0.3) is 0 Å². The zero-order valence-electron chi connectivity index (χ0n) is 15.7. The maximum Gasteiger partial charge on any atom is 0.237 e. The third-order valence-electron chi connectivity index (χ3n) is 5.02. The molecule has 3 rings (SSSR count). The molecule has 0 fully saturated rings. The van der Waals surface area contributed by atoms with Crippen molar-refractivity contribution in [3.05, 3.63) is 57.8 Å². The van der Waals surface area contributed by atoms with E-state index >= 15 is 0 Å². The number of amides is 1. The van der Waals surface area contributed by atoms with Gasteiger partial charge in [0, 0.05) is 31.6 Å². The molecule has 0 aliphatic carbocycles. The molecule has 1 aromatic heterocycles. The maximum atomic E-state index is 13.1. The highest BCUT2D eigenvalue weighted by molar-refractivity contribution is 7.10. The van der Waals surface area contributed by atoms with Crippen molar-refractivity contribution >= 4 is 17.2 Å². The van der Waals surface area contributed by atoms with Crippen LogP contribution in [0, 0.1) is 0 Å². The number of nitrogens with zero attached hydrogens (tertiary/aromatic N) is 2. The molecule has 140 valence electrons. The lowest BCUT2D eigenvalue weighted by Gasteiger charge is -2.37. The summed E-state index contributed by atoms with van der Waals surface area (Å²) in [5.41, 5.74) is 2.57. The van der Waals surface area contributed by atoms with E-state index in [9.17, 15) is 4.79 Å². The second-order valence-electron chi connectivity index (χ2n) is 6.75. The van der Waals surface area contributed by atoms with Gasteiger partial charge in [-0.2, -0.15) is 0 Å². The summed E-state index contributed by atoms with van der Waals surface area (Å²) in [5.74, 6) is 0.223. The van der Waals surface area contributed by atoms with Crippen LogP contribution in [0.5, 0.6) is 0 Å². The normalized spacial score (nSPS) is 16.7. The Balaban J connectivity index is 1.68. The molecule has 0 radical (unpaired) electrons. The van der Waals surface area contributed by atoms with Gasteiger partial charge in [-0.3, -0.25) is 9.69 Å². The molecule has 1 aliphatic rings. The Labute approximate surface area is 160 Å². The summed E-state index contributed by atoms with van der Waals surface area (Å²) in [6.45, 7) is 5.59. The van der Waals surface area contributed by atoms with Crippen LogP contribution in [-0.2, 0) is 22.5 Å². The molecule has 4 nitrogen and oxygen atoms in total. The molecule has 0 saturated carbocycles. The summed E-state index contributed by atoms with van der Waals surface area (Å²) < 4.78 is 5.25. The van der Waals surface area contributed by atoms with Gasteiger partial charge < -0.3 is 9.64 Å². The first kappa shape index (κ1) is 19.1. The summed E-state index contributed by atoms with van der Waals surface area (Å²) >= 11 is 1.82. The van der Waals surface area contributed by atoms with Crippen molar-refractivity contribution in [2.24, 2.45) is 0 Å². The van der Waals surface area contributed by atoms with E-state index in [0.717, 1.165) is 32.5 Å². The van der Waals surface area contributed by atoms with Gasteiger partial charge in [-0.15, -0.1) is 11.3 Å². The average Bonchev–Trinajstić information content (AvgIpc) is 3.14. The topological polar surface area (TPSA) is 32.8 Å². The molecule has 0 N–H and O–H groups in total.